The normalized spacial score (nSPS) is 39.7. The van der Waals surface area contributed by atoms with Gasteiger partial charge >= 0.3 is 0 Å². The molecule has 88 valence electrons. The van der Waals surface area contributed by atoms with E-state index in [-0.39, 0.29) is 12.2 Å². The van der Waals surface area contributed by atoms with Gasteiger partial charge in [-0.1, -0.05) is 11.8 Å². The first-order valence-corrected chi connectivity index (χ1v) is 5.96. The first-order valence-electron chi connectivity index (χ1n) is 5.96. The molecule has 17 heavy (non-hydrogen) atoms. The van der Waals surface area contributed by atoms with E-state index >= 15 is 0 Å². The zero-order valence-corrected chi connectivity index (χ0v) is 9.79. The molecule has 0 radical (unpaired) electrons. The maximum Gasteiger partial charge on any atom is 0.239 e. The van der Waals surface area contributed by atoms with Crippen LogP contribution in [-0.4, -0.2) is 24.6 Å². The molecule has 3 aliphatic heterocycles. The smallest absolute Gasteiger partial charge is 0.239 e. The van der Waals surface area contributed by atoms with Crippen molar-refractivity contribution in [3.8, 4) is 23.7 Å². The van der Waals surface area contributed by atoms with E-state index in [0.29, 0.717) is 0 Å². The van der Waals surface area contributed by atoms with Crippen molar-refractivity contribution in [2.24, 2.45) is 0 Å². The van der Waals surface area contributed by atoms with Gasteiger partial charge in [0.2, 0.25) is 5.79 Å². The van der Waals surface area contributed by atoms with Gasteiger partial charge in [0.25, 0.3) is 0 Å². The monoisotopic (exact) mass is 230 g/mol. The molecule has 0 aromatic rings. The average molecular weight is 230 g/mol. The Hall–Kier alpha value is -1.42. The van der Waals surface area contributed by atoms with Crippen molar-refractivity contribution < 1.29 is 14.2 Å². The lowest BCUT2D eigenvalue weighted by atomic mass is 10.0. The van der Waals surface area contributed by atoms with Gasteiger partial charge < -0.3 is 14.2 Å². The molecule has 0 bridgehead atoms. The summed E-state index contributed by atoms with van der Waals surface area (Å²) >= 11 is 0. The molecule has 0 aromatic carbocycles. The number of hydrogen-bond acceptors (Lipinski definition) is 3. The highest BCUT2D eigenvalue weighted by molar-refractivity contribution is 5.34. The van der Waals surface area contributed by atoms with Gasteiger partial charge in [0.15, 0.2) is 6.10 Å². The molecule has 0 unspecified atom stereocenters. The highest BCUT2D eigenvalue weighted by Gasteiger charge is 2.66. The van der Waals surface area contributed by atoms with Gasteiger partial charge in [0.1, 0.15) is 11.9 Å². The first-order chi connectivity index (χ1) is 8.36. The summed E-state index contributed by atoms with van der Waals surface area (Å²) in [5.74, 6) is 11.3. The van der Waals surface area contributed by atoms with Crippen molar-refractivity contribution in [2.45, 2.75) is 44.2 Å². The maximum absolute atomic E-state index is 5.90. The van der Waals surface area contributed by atoms with Crippen LogP contribution in [0.1, 0.15) is 26.2 Å². The predicted molar refractivity (Wildman–Crippen MR) is 61.6 cm³/mol. The summed E-state index contributed by atoms with van der Waals surface area (Å²) in [6, 6.07) is 0. The third kappa shape index (κ3) is 1.82. The molecule has 3 saturated heterocycles. The van der Waals surface area contributed by atoms with Gasteiger partial charge in [-0.2, -0.15) is 0 Å². The first kappa shape index (κ1) is 10.7. The molecule has 1 spiro atoms. The minimum Gasteiger partial charge on any atom is -0.460 e. The number of epoxide rings is 1. The predicted octanol–water partition coefficient (Wildman–Crippen LogP) is 1.59. The van der Waals surface area contributed by atoms with Gasteiger partial charge in [-0.05, 0) is 31.6 Å². The van der Waals surface area contributed by atoms with Crippen molar-refractivity contribution in [2.75, 3.05) is 6.61 Å². The number of ether oxygens (including phenoxy) is 3. The third-order valence-corrected chi connectivity index (χ3v) is 3.24. The molecule has 3 fully saturated rings. The molecule has 3 rings (SSSR count). The van der Waals surface area contributed by atoms with Gasteiger partial charge in [-0.3, -0.25) is 0 Å². The van der Waals surface area contributed by atoms with Crippen LogP contribution in [-0.2, 0) is 14.2 Å². The van der Waals surface area contributed by atoms with E-state index in [2.05, 4.69) is 23.7 Å². The van der Waals surface area contributed by atoms with E-state index < -0.39 is 5.79 Å². The molecule has 3 atom stereocenters. The minimum atomic E-state index is -0.521. The van der Waals surface area contributed by atoms with Crippen molar-refractivity contribution in [3.63, 3.8) is 0 Å². The summed E-state index contributed by atoms with van der Waals surface area (Å²) < 4.78 is 17.3. The summed E-state index contributed by atoms with van der Waals surface area (Å²) in [6.07, 6.45) is 5.03. The Bertz CT molecular complexity index is 463. The third-order valence-electron chi connectivity index (χ3n) is 3.24. The quantitative estimate of drug-likeness (QED) is 0.468. The Morgan fingerprint density at radius 1 is 1.35 bits per heavy atom. The van der Waals surface area contributed by atoms with Crippen LogP contribution in [0.2, 0.25) is 0 Å². The van der Waals surface area contributed by atoms with Gasteiger partial charge in [0, 0.05) is 12.5 Å². The van der Waals surface area contributed by atoms with Crippen molar-refractivity contribution in [1.29, 1.82) is 0 Å². The van der Waals surface area contributed by atoms with E-state index in [4.69, 9.17) is 14.2 Å². The molecule has 3 nitrogen and oxygen atoms in total. The Kier molecular flexibility index (Phi) is 2.59. The van der Waals surface area contributed by atoms with Crippen LogP contribution in [0.15, 0.2) is 11.8 Å². The molecule has 0 amide bonds. The van der Waals surface area contributed by atoms with Crippen LogP contribution in [0.5, 0.6) is 0 Å². The fourth-order valence-corrected chi connectivity index (χ4v) is 2.39. The summed E-state index contributed by atoms with van der Waals surface area (Å²) in [6.45, 7) is 2.52. The number of fused-ring (bicyclic) bond motifs is 2. The van der Waals surface area contributed by atoms with E-state index in [0.717, 1.165) is 31.6 Å². The lowest BCUT2D eigenvalue weighted by molar-refractivity contribution is -0.240. The Balaban J connectivity index is 1.74. The van der Waals surface area contributed by atoms with Gasteiger partial charge in [-0.15, -0.1) is 0 Å². The topological polar surface area (TPSA) is 31.0 Å². The fourth-order valence-electron chi connectivity index (χ4n) is 2.39. The van der Waals surface area contributed by atoms with Crippen LogP contribution in [0.4, 0.5) is 0 Å². The fraction of sp³-hybridized carbons (Fsp3) is 0.571. The van der Waals surface area contributed by atoms with Gasteiger partial charge in [-0.25, -0.2) is 0 Å². The average Bonchev–Trinajstić information content (AvgIpc) is 3.10. The van der Waals surface area contributed by atoms with E-state index in [9.17, 15) is 0 Å². The number of allylic oxidation sites excluding steroid dienone is 1. The van der Waals surface area contributed by atoms with Crippen molar-refractivity contribution >= 4 is 0 Å². The van der Waals surface area contributed by atoms with Crippen LogP contribution in [0.25, 0.3) is 0 Å². The molecule has 0 aromatic heterocycles. The second-order valence-corrected chi connectivity index (χ2v) is 4.39. The molecule has 3 heteroatoms. The lowest BCUT2D eigenvalue weighted by Gasteiger charge is -2.33. The summed E-state index contributed by atoms with van der Waals surface area (Å²) in [5, 5.41) is 0. The zero-order valence-electron chi connectivity index (χ0n) is 9.79. The van der Waals surface area contributed by atoms with Crippen molar-refractivity contribution in [3.05, 3.63) is 11.8 Å². The molecule has 3 heterocycles. The van der Waals surface area contributed by atoms with Crippen LogP contribution in [0, 0.1) is 23.7 Å². The second kappa shape index (κ2) is 4.11. The summed E-state index contributed by atoms with van der Waals surface area (Å²) in [5.41, 5.74) is 0. The largest absolute Gasteiger partial charge is 0.460 e. The zero-order chi connectivity index (χ0) is 11.7. The summed E-state index contributed by atoms with van der Waals surface area (Å²) in [4.78, 5) is 0. The SMILES string of the molecule is CC#CC#C/C=C1/O[C@]2(CCCCO2)[C@H]2O[C@@H]12. The number of hydrogen-bond donors (Lipinski definition) is 0. The molecule has 0 N–H and O–H groups in total. The summed E-state index contributed by atoms with van der Waals surface area (Å²) in [7, 11) is 0. The molecule has 0 saturated carbocycles. The maximum atomic E-state index is 5.90. The van der Waals surface area contributed by atoms with E-state index in [1.165, 1.54) is 0 Å². The lowest BCUT2D eigenvalue weighted by Crippen LogP contribution is -2.41. The van der Waals surface area contributed by atoms with E-state index in [1.807, 2.05) is 0 Å². The Morgan fingerprint density at radius 2 is 2.29 bits per heavy atom. The van der Waals surface area contributed by atoms with Crippen LogP contribution >= 0.6 is 0 Å². The molecule has 0 aliphatic carbocycles. The highest BCUT2D eigenvalue weighted by atomic mass is 16.8. The molecular formula is C14H14O3. The van der Waals surface area contributed by atoms with E-state index in [1.54, 1.807) is 13.0 Å². The number of rotatable bonds is 0. The minimum absolute atomic E-state index is 0.0528. The van der Waals surface area contributed by atoms with Crippen LogP contribution in [0.3, 0.4) is 0 Å². The highest BCUT2D eigenvalue weighted by Crippen LogP contribution is 2.52. The Morgan fingerprint density at radius 3 is 3.06 bits per heavy atom. The molecular weight excluding hydrogens is 216 g/mol. The van der Waals surface area contributed by atoms with Crippen molar-refractivity contribution in [1.82, 2.24) is 0 Å². The van der Waals surface area contributed by atoms with Crippen LogP contribution < -0.4 is 0 Å². The molecule has 3 aliphatic rings. The second-order valence-electron chi connectivity index (χ2n) is 4.39. The van der Waals surface area contributed by atoms with Gasteiger partial charge in [0.05, 0.1) is 6.61 Å². The Labute approximate surface area is 101 Å². The standard InChI is InChI=1S/C14H14O3/c1-2-3-4-5-8-11-12-13(16-12)14(17-11)9-6-7-10-15-14/h8,12-13H,6-7,9-10H2,1H3/b11-8+/t12-,13-,14+/m0/s1.